The van der Waals surface area contributed by atoms with E-state index < -0.39 is 0 Å². The number of carbonyl (C=O) groups is 1. The maximum absolute atomic E-state index is 12.4. The van der Waals surface area contributed by atoms with E-state index >= 15 is 0 Å². The van der Waals surface area contributed by atoms with Gasteiger partial charge in [-0.2, -0.15) is 0 Å². The second kappa shape index (κ2) is 6.71. The lowest BCUT2D eigenvalue weighted by Gasteiger charge is -2.18. The minimum Gasteiger partial charge on any atom is -0.496 e. The number of hydrogen-bond acceptors (Lipinski definition) is 3. The molecule has 0 aliphatic rings. The fourth-order valence-electron chi connectivity index (χ4n) is 2.21. The normalized spacial score (nSPS) is 12.6. The Bertz CT molecular complexity index is 446. The molecule has 1 unspecified atom stereocenters. The SMILES string of the molecule is CCC(CO)C(=O)c1cc(C(C)C)c(OC)cc1C. The number of hydrogen-bond donors (Lipinski definition) is 1. The molecule has 0 amide bonds. The first kappa shape index (κ1) is 15.7. The molecule has 1 atom stereocenters. The van der Waals surface area contributed by atoms with Crippen LogP contribution in [0.5, 0.6) is 5.75 Å². The molecule has 0 fully saturated rings. The number of aliphatic hydroxyl groups is 1. The van der Waals surface area contributed by atoms with Gasteiger partial charge in [0.05, 0.1) is 13.7 Å². The van der Waals surface area contributed by atoms with Crippen molar-refractivity contribution in [1.29, 1.82) is 0 Å². The van der Waals surface area contributed by atoms with Gasteiger partial charge in [0.2, 0.25) is 0 Å². The number of carbonyl (C=O) groups excluding carboxylic acids is 1. The van der Waals surface area contributed by atoms with E-state index in [1.54, 1.807) is 7.11 Å². The van der Waals surface area contributed by atoms with Crippen molar-refractivity contribution >= 4 is 5.78 Å². The lowest BCUT2D eigenvalue weighted by atomic mass is 9.89. The van der Waals surface area contributed by atoms with E-state index in [-0.39, 0.29) is 24.2 Å². The first-order valence-electron chi connectivity index (χ1n) is 6.79. The van der Waals surface area contributed by atoms with Crippen LogP contribution in [-0.2, 0) is 0 Å². The number of ether oxygens (including phenoxy) is 1. The first-order chi connectivity index (χ1) is 8.96. The van der Waals surface area contributed by atoms with Crippen LogP contribution in [0.4, 0.5) is 0 Å². The summed E-state index contributed by atoms with van der Waals surface area (Å²) in [5.41, 5.74) is 2.63. The largest absolute Gasteiger partial charge is 0.496 e. The Balaban J connectivity index is 3.28. The molecule has 1 aromatic rings. The van der Waals surface area contributed by atoms with Crippen LogP contribution in [0, 0.1) is 12.8 Å². The highest BCUT2D eigenvalue weighted by Crippen LogP contribution is 2.30. The third kappa shape index (κ3) is 3.35. The Labute approximate surface area is 115 Å². The fraction of sp³-hybridized carbons (Fsp3) is 0.562. The number of ketones is 1. The molecule has 0 radical (unpaired) electrons. The van der Waals surface area contributed by atoms with Crippen LogP contribution in [0.3, 0.4) is 0 Å². The van der Waals surface area contributed by atoms with Crippen LogP contribution >= 0.6 is 0 Å². The van der Waals surface area contributed by atoms with Crippen molar-refractivity contribution in [2.24, 2.45) is 5.92 Å². The van der Waals surface area contributed by atoms with Crippen LogP contribution < -0.4 is 4.74 Å². The Morgan fingerprint density at radius 3 is 2.42 bits per heavy atom. The first-order valence-corrected chi connectivity index (χ1v) is 6.79. The Morgan fingerprint density at radius 2 is 2.00 bits per heavy atom. The summed E-state index contributed by atoms with van der Waals surface area (Å²) in [7, 11) is 1.64. The highest BCUT2D eigenvalue weighted by molar-refractivity contribution is 5.99. The molecule has 0 saturated carbocycles. The highest BCUT2D eigenvalue weighted by atomic mass is 16.5. The zero-order chi connectivity index (χ0) is 14.6. The van der Waals surface area contributed by atoms with E-state index in [0.29, 0.717) is 12.0 Å². The van der Waals surface area contributed by atoms with Gasteiger partial charge in [0, 0.05) is 11.5 Å². The van der Waals surface area contributed by atoms with E-state index in [1.807, 2.05) is 26.0 Å². The molecule has 1 N–H and O–H groups in total. The predicted octanol–water partition coefficient (Wildman–Crippen LogP) is 3.33. The molecule has 0 aliphatic carbocycles. The van der Waals surface area contributed by atoms with Crippen molar-refractivity contribution in [2.75, 3.05) is 13.7 Å². The quantitative estimate of drug-likeness (QED) is 0.802. The lowest BCUT2D eigenvalue weighted by molar-refractivity contribution is 0.0855. The predicted molar refractivity (Wildman–Crippen MR) is 77.0 cm³/mol. The summed E-state index contributed by atoms with van der Waals surface area (Å²) >= 11 is 0. The van der Waals surface area contributed by atoms with Crippen LogP contribution in [-0.4, -0.2) is 24.6 Å². The molecular formula is C16H24O3. The Hall–Kier alpha value is -1.35. The molecule has 19 heavy (non-hydrogen) atoms. The summed E-state index contributed by atoms with van der Waals surface area (Å²) in [5.74, 6) is 0.816. The maximum atomic E-state index is 12.4. The average Bonchev–Trinajstić information content (AvgIpc) is 2.39. The lowest BCUT2D eigenvalue weighted by Crippen LogP contribution is -2.19. The van der Waals surface area contributed by atoms with Gasteiger partial charge in [-0.1, -0.05) is 20.8 Å². The summed E-state index contributed by atoms with van der Waals surface area (Å²) in [6, 6.07) is 3.83. The fourth-order valence-corrected chi connectivity index (χ4v) is 2.21. The molecule has 3 heteroatoms. The highest BCUT2D eigenvalue weighted by Gasteiger charge is 2.21. The van der Waals surface area contributed by atoms with E-state index in [2.05, 4.69) is 13.8 Å². The van der Waals surface area contributed by atoms with Gasteiger partial charge in [-0.05, 0) is 42.5 Å². The van der Waals surface area contributed by atoms with Crippen molar-refractivity contribution in [3.63, 3.8) is 0 Å². The van der Waals surface area contributed by atoms with E-state index in [9.17, 15) is 9.90 Å². The van der Waals surface area contributed by atoms with Crippen molar-refractivity contribution < 1.29 is 14.6 Å². The number of rotatable bonds is 6. The zero-order valence-corrected chi connectivity index (χ0v) is 12.5. The third-order valence-electron chi connectivity index (χ3n) is 3.55. The topological polar surface area (TPSA) is 46.5 Å². The second-order valence-electron chi connectivity index (χ2n) is 5.22. The summed E-state index contributed by atoms with van der Waals surface area (Å²) < 4.78 is 5.37. The zero-order valence-electron chi connectivity index (χ0n) is 12.5. The minimum absolute atomic E-state index is 0.0204. The number of aryl methyl sites for hydroxylation is 1. The molecule has 3 nitrogen and oxygen atoms in total. The van der Waals surface area contributed by atoms with Gasteiger partial charge >= 0.3 is 0 Å². The molecule has 0 aliphatic heterocycles. The number of Topliss-reactive ketones (excluding diaryl/α,β-unsaturated/α-hetero) is 1. The smallest absolute Gasteiger partial charge is 0.168 e. The Morgan fingerprint density at radius 1 is 1.37 bits per heavy atom. The summed E-state index contributed by atoms with van der Waals surface area (Å²) in [5, 5.41) is 9.28. The molecule has 1 rings (SSSR count). The number of aliphatic hydroxyl groups excluding tert-OH is 1. The molecule has 0 spiro atoms. The van der Waals surface area contributed by atoms with Crippen molar-refractivity contribution in [3.8, 4) is 5.75 Å². The standard InChI is InChI=1S/C16H24O3/c1-6-12(9-17)16(18)14-8-13(10(2)3)15(19-5)7-11(14)4/h7-8,10,12,17H,6,9H2,1-5H3. The van der Waals surface area contributed by atoms with Gasteiger partial charge in [-0.15, -0.1) is 0 Å². The maximum Gasteiger partial charge on any atom is 0.168 e. The number of methoxy groups -OCH3 is 1. The molecule has 106 valence electrons. The summed E-state index contributed by atoms with van der Waals surface area (Å²) in [4.78, 5) is 12.4. The average molecular weight is 264 g/mol. The Kier molecular flexibility index (Phi) is 5.55. The van der Waals surface area contributed by atoms with Crippen molar-refractivity contribution in [3.05, 3.63) is 28.8 Å². The molecule has 0 bridgehead atoms. The summed E-state index contributed by atoms with van der Waals surface area (Å²) in [6.07, 6.45) is 0.651. The van der Waals surface area contributed by atoms with E-state index in [1.165, 1.54) is 0 Å². The van der Waals surface area contributed by atoms with Gasteiger partial charge < -0.3 is 9.84 Å². The van der Waals surface area contributed by atoms with Gasteiger partial charge in [0.15, 0.2) is 5.78 Å². The van der Waals surface area contributed by atoms with E-state index in [0.717, 1.165) is 16.9 Å². The molecule has 0 aromatic heterocycles. The molecular weight excluding hydrogens is 240 g/mol. The van der Waals surface area contributed by atoms with Gasteiger partial charge in [-0.25, -0.2) is 0 Å². The van der Waals surface area contributed by atoms with Crippen LogP contribution in [0.15, 0.2) is 12.1 Å². The van der Waals surface area contributed by atoms with Gasteiger partial charge in [0.25, 0.3) is 0 Å². The van der Waals surface area contributed by atoms with Crippen LogP contribution in [0.25, 0.3) is 0 Å². The van der Waals surface area contributed by atoms with Crippen molar-refractivity contribution in [2.45, 2.75) is 40.0 Å². The van der Waals surface area contributed by atoms with E-state index in [4.69, 9.17) is 4.74 Å². The second-order valence-corrected chi connectivity index (χ2v) is 5.22. The van der Waals surface area contributed by atoms with Gasteiger partial charge in [0.1, 0.15) is 5.75 Å². The third-order valence-corrected chi connectivity index (χ3v) is 3.55. The summed E-state index contributed by atoms with van der Waals surface area (Å²) in [6.45, 7) is 7.87. The van der Waals surface area contributed by atoms with Crippen LogP contribution in [0.1, 0.15) is 54.6 Å². The molecule has 0 saturated heterocycles. The minimum atomic E-state index is -0.313. The van der Waals surface area contributed by atoms with Gasteiger partial charge in [-0.3, -0.25) is 4.79 Å². The van der Waals surface area contributed by atoms with Crippen molar-refractivity contribution in [1.82, 2.24) is 0 Å². The molecule has 1 aromatic carbocycles. The van der Waals surface area contributed by atoms with Crippen LogP contribution in [0.2, 0.25) is 0 Å². The monoisotopic (exact) mass is 264 g/mol. The molecule has 0 heterocycles. The number of benzene rings is 1.